The SMILES string of the molecule is CC1CCC(O)(C(C(=O)C2CNCCN2C(=O)OC(C)(C)C)c2cccc(Cl)c2)CC1. The quantitative estimate of drug-likeness (QED) is 0.720. The fraction of sp³-hybridized carbons (Fsp3) is 0.667. The summed E-state index contributed by atoms with van der Waals surface area (Å²) in [5, 5.41) is 15.4. The summed E-state index contributed by atoms with van der Waals surface area (Å²) in [6.45, 7) is 8.90. The van der Waals surface area contributed by atoms with Crippen LogP contribution in [0, 0.1) is 5.92 Å². The van der Waals surface area contributed by atoms with Crippen LogP contribution in [0.15, 0.2) is 24.3 Å². The lowest BCUT2D eigenvalue weighted by Gasteiger charge is -2.44. The minimum absolute atomic E-state index is 0.169. The molecule has 1 aromatic rings. The number of nitrogens with zero attached hydrogens (tertiary/aromatic N) is 1. The number of aliphatic hydroxyl groups is 1. The Bertz CT molecular complexity index is 799. The number of piperazine rings is 1. The third-order valence-corrected chi connectivity index (χ3v) is 6.58. The Balaban J connectivity index is 1.95. The van der Waals surface area contributed by atoms with Crippen LogP contribution < -0.4 is 5.32 Å². The average molecular weight is 451 g/mol. The molecule has 2 fully saturated rings. The minimum Gasteiger partial charge on any atom is -0.444 e. The third kappa shape index (κ3) is 5.79. The van der Waals surface area contributed by atoms with Gasteiger partial charge in [0.15, 0.2) is 5.78 Å². The summed E-state index contributed by atoms with van der Waals surface area (Å²) in [7, 11) is 0. The topological polar surface area (TPSA) is 78.9 Å². The molecule has 1 heterocycles. The van der Waals surface area contributed by atoms with Crippen molar-refractivity contribution in [1.29, 1.82) is 0 Å². The molecule has 2 atom stereocenters. The zero-order valence-electron chi connectivity index (χ0n) is 19.0. The molecule has 1 saturated carbocycles. The molecule has 1 aliphatic heterocycles. The van der Waals surface area contributed by atoms with E-state index < -0.39 is 29.3 Å². The molecule has 1 aliphatic carbocycles. The maximum absolute atomic E-state index is 14.0. The van der Waals surface area contributed by atoms with Crippen molar-refractivity contribution in [2.45, 2.75) is 76.5 Å². The van der Waals surface area contributed by atoms with Crippen LogP contribution in [0.3, 0.4) is 0 Å². The van der Waals surface area contributed by atoms with E-state index in [1.54, 1.807) is 18.2 Å². The second kappa shape index (κ2) is 9.47. The highest BCUT2D eigenvalue weighted by Crippen LogP contribution is 2.43. The number of amides is 1. The normalized spacial score (nSPS) is 28.1. The predicted octanol–water partition coefficient (Wildman–Crippen LogP) is 4.14. The Morgan fingerprint density at radius 2 is 1.97 bits per heavy atom. The Morgan fingerprint density at radius 1 is 1.29 bits per heavy atom. The number of ether oxygens (including phenoxy) is 1. The number of hydrogen-bond donors (Lipinski definition) is 2. The summed E-state index contributed by atoms with van der Waals surface area (Å²) in [6, 6.07) is 6.45. The molecule has 1 saturated heterocycles. The summed E-state index contributed by atoms with van der Waals surface area (Å²) in [6.07, 6.45) is 2.31. The Labute approximate surface area is 190 Å². The van der Waals surface area contributed by atoms with Crippen LogP contribution in [0.1, 0.15) is 64.9 Å². The van der Waals surface area contributed by atoms with Gasteiger partial charge in [-0.2, -0.15) is 0 Å². The Kier molecular flexibility index (Phi) is 7.34. The standard InChI is InChI=1S/C24H35ClN2O4/c1-16-8-10-24(30,11-9-16)20(17-6-5-7-18(25)14-17)21(28)19-15-26-12-13-27(19)22(29)31-23(2,3)4/h5-7,14,16,19-20,26,30H,8-13,15H2,1-4H3. The average Bonchev–Trinajstić information content (AvgIpc) is 2.69. The van der Waals surface area contributed by atoms with Gasteiger partial charge < -0.3 is 15.2 Å². The summed E-state index contributed by atoms with van der Waals surface area (Å²) in [5.41, 5.74) is -1.12. The van der Waals surface area contributed by atoms with Gasteiger partial charge in [-0.25, -0.2) is 4.79 Å². The van der Waals surface area contributed by atoms with Gasteiger partial charge in [-0.15, -0.1) is 0 Å². The smallest absolute Gasteiger partial charge is 0.410 e. The van der Waals surface area contributed by atoms with Crippen LogP contribution in [0.4, 0.5) is 4.79 Å². The lowest BCUT2D eigenvalue weighted by molar-refractivity contribution is -0.135. The first-order valence-corrected chi connectivity index (χ1v) is 11.6. The first kappa shape index (κ1) is 24.0. The lowest BCUT2D eigenvalue weighted by atomic mass is 9.67. The van der Waals surface area contributed by atoms with Crippen molar-refractivity contribution in [3.63, 3.8) is 0 Å². The number of benzene rings is 1. The van der Waals surface area contributed by atoms with Crippen molar-refractivity contribution in [1.82, 2.24) is 10.2 Å². The molecule has 0 bridgehead atoms. The zero-order chi connectivity index (χ0) is 22.8. The Morgan fingerprint density at radius 3 is 2.58 bits per heavy atom. The molecular weight excluding hydrogens is 416 g/mol. The largest absolute Gasteiger partial charge is 0.444 e. The molecule has 7 heteroatoms. The number of rotatable bonds is 4. The van der Waals surface area contributed by atoms with Gasteiger partial charge in [-0.1, -0.05) is 30.7 Å². The molecule has 3 rings (SSSR count). The number of carbonyl (C=O) groups excluding carboxylic acids is 2. The van der Waals surface area contributed by atoms with Gasteiger partial charge in [0.25, 0.3) is 0 Å². The van der Waals surface area contributed by atoms with Gasteiger partial charge in [0, 0.05) is 24.7 Å². The third-order valence-electron chi connectivity index (χ3n) is 6.34. The highest BCUT2D eigenvalue weighted by Gasteiger charge is 2.48. The van der Waals surface area contributed by atoms with E-state index in [0.29, 0.717) is 49.0 Å². The number of nitrogens with one attached hydrogen (secondary N) is 1. The fourth-order valence-electron chi connectivity index (χ4n) is 4.67. The van der Waals surface area contributed by atoms with E-state index in [0.717, 1.165) is 12.8 Å². The van der Waals surface area contributed by atoms with Crippen LogP contribution in [0.5, 0.6) is 0 Å². The molecule has 1 amide bonds. The monoisotopic (exact) mass is 450 g/mol. The van der Waals surface area contributed by atoms with Crippen LogP contribution in [0.2, 0.25) is 5.02 Å². The highest BCUT2D eigenvalue weighted by atomic mass is 35.5. The van der Waals surface area contributed by atoms with Gasteiger partial charge in [0.05, 0.1) is 11.5 Å². The highest BCUT2D eigenvalue weighted by molar-refractivity contribution is 6.30. The molecule has 1 aromatic carbocycles. The Hall–Kier alpha value is -1.63. The van der Waals surface area contributed by atoms with Crippen LogP contribution >= 0.6 is 11.6 Å². The summed E-state index contributed by atoms with van der Waals surface area (Å²) in [4.78, 5) is 28.4. The van der Waals surface area contributed by atoms with Crippen LogP contribution in [-0.4, -0.2) is 58.8 Å². The number of carbonyl (C=O) groups is 2. The second-order valence-electron chi connectivity index (χ2n) is 10.1. The van der Waals surface area contributed by atoms with Gasteiger partial charge in [0.2, 0.25) is 0 Å². The van der Waals surface area contributed by atoms with Gasteiger partial charge >= 0.3 is 6.09 Å². The van der Waals surface area contributed by atoms with E-state index in [4.69, 9.17) is 16.3 Å². The van der Waals surface area contributed by atoms with Gasteiger partial charge in [-0.05, 0) is 70.1 Å². The van der Waals surface area contributed by atoms with Crippen molar-refractivity contribution in [2.75, 3.05) is 19.6 Å². The molecule has 6 nitrogen and oxygen atoms in total. The van der Waals surface area contributed by atoms with Crippen molar-refractivity contribution in [2.24, 2.45) is 5.92 Å². The molecular formula is C24H35ClN2O4. The minimum atomic E-state index is -1.16. The maximum Gasteiger partial charge on any atom is 0.410 e. The number of Topliss-reactive ketones (excluding diaryl/α,β-unsaturated/α-hetero) is 1. The molecule has 0 radical (unpaired) electrons. The first-order valence-electron chi connectivity index (χ1n) is 11.2. The van der Waals surface area contributed by atoms with Crippen molar-refractivity contribution in [3.05, 3.63) is 34.9 Å². The van der Waals surface area contributed by atoms with E-state index in [1.165, 1.54) is 4.90 Å². The second-order valence-corrected chi connectivity index (χ2v) is 10.5. The van der Waals surface area contributed by atoms with Crippen LogP contribution in [0.25, 0.3) is 0 Å². The summed E-state index contributed by atoms with van der Waals surface area (Å²) >= 11 is 6.25. The van der Waals surface area contributed by atoms with E-state index in [9.17, 15) is 14.7 Å². The number of hydrogen-bond acceptors (Lipinski definition) is 5. The van der Waals surface area contributed by atoms with Gasteiger partial charge in [0.1, 0.15) is 11.6 Å². The van der Waals surface area contributed by atoms with Gasteiger partial charge in [-0.3, -0.25) is 9.69 Å². The van der Waals surface area contributed by atoms with Crippen LogP contribution in [-0.2, 0) is 9.53 Å². The van der Waals surface area contributed by atoms with Crippen molar-refractivity contribution < 1.29 is 19.4 Å². The van der Waals surface area contributed by atoms with Crippen molar-refractivity contribution in [3.8, 4) is 0 Å². The summed E-state index contributed by atoms with van der Waals surface area (Å²) in [5.74, 6) is -0.407. The fourth-order valence-corrected chi connectivity index (χ4v) is 4.86. The molecule has 0 spiro atoms. The van der Waals surface area contributed by atoms with E-state index >= 15 is 0 Å². The number of halogens is 1. The van der Waals surface area contributed by atoms with E-state index in [2.05, 4.69) is 12.2 Å². The molecule has 2 aliphatic rings. The van der Waals surface area contributed by atoms with E-state index in [-0.39, 0.29) is 5.78 Å². The molecule has 2 unspecified atom stereocenters. The predicted molar refractivity (Wildman–Crippen MR) is 121 cm³/mol. The zero-order valence-corrected chi connectivity index (χ0v) is 19.7. The van der Waals surface area contributed by atoms with E-state index in [1.807, 2.05) is 26.8 Å². The molecule has 0 aromatic heterocycles. The molecule has 172 valence electrons. The molecule has 2 N–H and O–H groups in total. The molecule has 31 heavy (non-hydrogen) atoms. The van der Waals surface area contributed by atoms with Crippen molar-refractivity contribution >= 4 is 23.5 Å². The summed E-state index contributed by atoms with van der Waals surface area (Å²) < 4.78 is 5.57. The number of ketones is 1. The first-order chi connectivity index (χ1) is 14.5. The lowest BCUT2D eigenvalue weighted by Crippen LogP contribution is -2.60. The maximum atomic E-state index is 14.0.